The molecule has 4 aromatic rings. The van der Waals surface area contributed by atoms with Gasteiger partial charge in [0.1, 0.15) is 18.1 Å². The third-order valence-corrected chi connectivity index (χ3v) is 4.60. The van der Waals surface area contributed by atoms with E-state index in [1.54, 1.807) is 13.3 Å². The Morgan fingerprint density at radius 2 is 1.62 bits per heavy atom. The van der Waals surface area contributed by atoms with Gasteiger partial charge in [-0.2, -0.15) is 5.10 Å². The minimum absolute atomic E-state index is 0.412. The molecule has 0 saturated heterocycles. The lowest BCUT2D eigenvalue weighted by Crippen LogP contribution is -2.00. The molecule has 4 rings (SSSR count). The standard InChI is InChI=1S/C25H22N2O2/c1-28-25-14-11-19(17-26-27-23-9-3-2-4-10-23)15-22(25)18-29-24-13-12-20-7-5-6-8-21(20)16-24/h2-17,27H,18H2,1H3. The summed E-state index contributed by atoms with van der Waals surface area (Å²) in [4.78, 5) is 0. The molecular formula is C25H22N2O2. The molecule has 0 amide bonds. The van der Waals surface area contributed by atoms with Crippen molar-refractivity contribution in [1.82, 2.24) is 0 Å². The molecule has 4 aromatic carbocycles. The SMILES string of the molecule is COc1ccc(C=NNc2ccccc2)cc1COc1ccc2ccccc2c1. The lowest BCUT2D eigenvalue weighted by atomic mass is 10.1. The second-order valence-electron chi connectivity index (χ2n) is 6.60. The molecule has 0 aliphatic heterocycles. The van der Waals surface area contributed by atoms with Crippen molar-refractivity contribution >= 4 is 22.7 Å². The van der Waals surface area contributed by atoms with E-state index in [2.05, 4.69) is 34.8 Å². The highest BCUT2D eigenvalue weighted by Crippen LogP contribution is 2.24. The molecule has 0 spiro atoms. The number of fused-ring (bicyclic) bond motifs is 1. The molecule has 0 aliphatic rings. The van der Waals surface area contributed by atoms with Gasteiger partial charge in [0.15, 0.2) is 0 Å². The van der Waals surface area contributed by atoms with Crippen LogP contribution in [0.5, 0.6) is 11.5 Å². The molecule has 0 radical (unpaired) electrons. The Balaban J connectivity index is 1.47. The van der Waals surface area contributed by atoms with E-state index in [9.17, 15) is 0 Å². The van der Waals surface area contributed by atoms with Crippen LogP contribution >= 0.6 is 0 Å². The minimum Gasteiger partial charge on any atom is -0.496 e. The fraction of sp³-hybridized carbons (Fsp3) is 0.0800. The van der Waals surface area contributed by atoms with Crippen LogP contribution in [0.2, 0.25) is 0 Å². The molecule has 144 valence electrons. The monoisotopic (exact) mass is 382 g/mol. The van der Waals surface area contributed by atoms with Gasteiger partial charge in [-0.3, -0.25) is 5.43 Å². The van der Waals surface area contributed by atoms with Gasteiger partial charge in [0.2, 0.25) is 0 Å². The van der Waals surface area contributed by atoms with Crippen LogP contribution in [0.1, 0.15) is 11.1 Å². The largest absolute Gasteiger partial charge is 0.496 e. The number of nitrogens with one attached hydrogen (secondary N) is 1. The van der Waals surface area contributed by atoms with Crippen molar-refractivity contribution in [3.63, 3.8) is 0 Å². The summed E-state index contributed by atoms with van der Waals surface area (Å²) >= 11 is 0. The first kappa shape index (κ1) is 18.6. The number of nitrogens with zero attached hydrogens (tertiary/aromatic N) is 1. The highest BCUT2D eigenvalue weighted by atomic mass is 16.5. The lowest BCUT2D eigenvalue weighted by molar-refractivity contribution is 0.297. The first-order chi connectivity index (χ1) is 14.3. The van der Waals surface area contributed by atoms with Crippen LogP contribution in [0.4, 0.5) is 5.69 Å². The summed E-state index contributed by atoms with van der Waals surface area (Å²) in [5, 5.41) is 6.66. The summed E-state index contributed by atoms with van der Waals surface area (Å²) in [7, 11) is 1.67. The van der Waals surface area contributed by atoms with Gasteiger partial charge in [0.25, 0.3) is 0 Å². The average Bonchev–Trinajstić information content (AvgIpc) is 2.78. The first-order valence-electron chi connectivity index (χ1n) is 9.44. The van der Waals surface area contributed by atoms with E-state index in [-0.39, 0.29) is 0 Å². The van der Waals surface area contributed by atoms with Crippen molar-refractivity contribution in [3.8, 4) is 11.5 Å². The molecule has 4 heteroatoms. The molecule has 0 aromatic heterocycles. The molecule has 0 unspecified atom stereocenters. The first-order valence-corrected chi connectivity index (χ1v) is 9.44. The smallest absolute Gasteiger partial charge is 0.125 e. The number of methoxy groups -OCH3 is 1. The highest BCUT2D eigenvalue weighted by Gasteiger charge is 2.06. The van der Waals surface area contributed by atoms with Crippen molar-refractivity contribution in [2.45, 2.75) is 6.61 Å². The van der Waals surface area contributed by atoms with Gasteiger partial charge in [-0.25, -0.2) is 0 Å². The van der Waals surface area contributed by atoms with E-state index in [0.717, 1.165) is 33.7 Å². The average molecular weight is 382 g/mol. The van der Waals surface area contributed by atoms with Crippen LogP contribution in [0.3, 0.4) is 0 Å². The maximum Gasteiger partial charge on any atom is 0.125 e. The molecule has 0 fully saturated rings. The zero-order valence-electron chi connectivity index (χ0n) is 16.2. The number of benzene rings is 4. The molecule has 0 saturated carbocycles. The molecule has 0 heterocycles. The van der Waals surface area contributed by atoms with Crippen molar-refractivity contribution in [2.75, 3.05) is 12.5 Å². The number of hydrogen-bond acceptors (Lipinski definition) is 4. The number of hydrazone groups is 1. The number of rotatable bonds is 7. The van der Waals surface area contributed by atoms with Crippen LogP contribution in [-0.2, 0) is 6.61 Å². The Bertz CT molecular complexity index is 1120. The topological polar surface area (TPSA) is 42.8 Å². The molecule has 0 atom stereocenters. The van der Waals surface area contributed by atoms with Crippen LogP contribution in [0.25, 0.3) is 10.8 Å². The fourth-order valence-electron chi connectivity index (χ4n) is 3.10. The van der Waals surface area contributed by atoms with E-state index in [1.165, 1.54) is 5.39 Å². The van der Waals surface area contributed by atoms with Crippen molar-refractivity contribution in [1.29, 1.82) is 0 Å². The summed E-state index contributed by atoms with van der Waals surface area (Å²) in [6, 6.07) is 30.1. The zero-order chi connectivity index (χ0) is 19.9. The molecule has 0 bridgehead atoms. The van der Waals surface area contributed by atoms with Gasteiger partial charge in [0.05, 0.1) is 19.0 Å². The van der Waals surface area contributed by atoms with Crippen molar-refractivity contribution in [2.24, 2.45) is 5.10 Å². The molecule has 4 nitrogen and oxygen atoms in total. The highest BCUT2D eigenvalue weighted by molar-refractivity contribution is 5.83. The summed E-state index contributed by atoms with van der Waals surface area (Å²) in [6.07, 6.45) is 1.78. The number of hydrogen-bond donors (Lipinski definition) is 1. The molecule has 29 heavy (non-hydrogen) atoms. The fourth-order valence-corrected chi connectivity index (χ4v) is 3.10. The van der Waals surface area contributed by atoms with E-state index in [4.69, 9.17) is 9.47 Å². The molecule has 1 N–H and O–H groups in total. The van der Waals surface area contributed by atoms with E-state index >= 15 is 0 Å². The number of ether oxygens (including phenoxy) is 2. The van der Waals surface area contributed by atoms with Gasteiger partial charge in [-0.05, 0) is 58.8 Å². The van der Waals surface area contributed by atoms with Crippen LogP contribution in [0.15, 0.2) is 96.1 Å². The molecular weight excluding hydrogens is 360 g/mol. The molecule has 0 aliphatic carbocycles. The summed E-state index contributed by atoms with van der Waals surface area (Å²) < 4.78 is 11.5. The second kappa shape index (κ2) is 8.93. The van der Waals surface area contributed by atoms with E-state index < -0.39 is 0 Å². The van der Waals surface area contributed by atoms with Crippen molar-refractivity contribution in [3.05, 3.63) is 102 Å². The van der Waals surface area contributed by atoms with Crippen LogP contribution in [-0.4, -0.2) is 13.3 Å². The van der Waals surface area contributed by atoms with Crippen LogP contribution < -0.4 is 14.9 Å². The summed E-state index contributed by atoms with van der Waals surface area (Å²) in [5.74, 6) is 1.62. The normalized spacial score (nSPS) is 10.9. The van der Waals surface area contributed by atoms with Crippen molar-refractivity contribution < 1.29 is 9.47 Å². The third kappa shape index (κ3) is 4.74. The zero-order valence-corrected chi connectivity index (χ0v) is 16.2. The van der Waals surface area contributed by atoms with Gasteiger partial charge < -0.3 is 9.47 Å². The lowest BCUT2D eigenvalue weighted by Gasteiger charge is -2.12. The maximum atomic E-state index is 6.03. The Labute approximate surface area is 170 Å². The van der Waals surface area contributed by atoms with Crippen LogP contribution in [0, 0.1) is 0 Å². The summed E-state index contributed by atoms with van der Waals surface area (Å²) in [5.41, 5.74) is 5.89. The number of para-hydroxylation sites is 1. The van der Waals surface area contributed by atoms with Gasteiger partial charge in [-0.15, -0.1) is 0 Å². The third-order valence-electron chi connectivity index (χ3n) is 4.60. The predicted molar refractivity (Wildman–Crippen MR) is 119 cm³/mol. The van der Waals surface area contributed by atoms with E-state index in [1.807, 2.05) is 66.7 Å². The Hall–Kier alpha value is -3.79. The Morgan fingerprint density at radius 3 is 2.45 bits per heavy atom. The number of anilines is 1. The van der Waals surface area contributed by atoms with Gasteiger partial charge in [0, 0.05) is 5.56 Å². The minimum atomic E-state index is 0.412. The Morgan fingerprint density at radius 1 is 0.828 bits per heavy atom. The van der Waals surface area contributed by atoms with Gasteiger partial charge in [-0.1, -0.05) is 48.5 Å². The quantitative estimate of drug-likeness (QED) is 0.321. The summed E-state index contributed by atoms with van der Waals surface area (Å²) in [6.45, 7) is 0.412. The Kier molecular flexibility index (Phi) is 5.72. The predicted octanol–water partition coefficient (Wildman–Crippen LogP) is 5.87. The maximum absolute atomic E-state index is 6.03. The second-order valence-corrected chi connectivity index (χ2v) is 6.60. The van der Waals surface area contributed by atoms with E-state index in [0.29, 0.717) is 6.61 Å². The van der Waals surface area contributed by atoms with Gasteiger partial charge >= 0.3 is 0 Å².